The lowest BCUT2D eigenvalue weighted by molar-refractivity contribution is -0.165. The number of amides is 2. The molecular weight excluding hydrogens is 264 g/mol. The minimum atomic E-state index is -0.700. The summed E-state index contributed by atoms with van der Waals surface area (Å²) in [6, 6.07) is -0.327. The summed E-state index contributed by atoms with van der Waals surface area (Å²) in [5.74, 6) is 0.301. The van der Waals surface area contributed by atoms with E-state index in [1.165, 1.54) is 0 Å². The highest BCUT2D eigenvalue weighted by Gasteiger charge is 2.55. The second kappa shape index (κ2) is 5.62. The summed E-state index contributed by atoms with van der Waals surface area (Å²) >= 11 is 0. The van der Waals surface area contributed by atoms with Crippen LogP contribution in [-0.2, 0) is 9.59 Å². The van der Waals surface area contributed by atoms with Gasteiger partial charge in [0.2, 0.25) is 11.8 Å². The second-order valence-electron chi connectivity index (χ2n) is 7.35. The zero-order valence-electron chi connectivity index (χ0n) is 14.2. The summed E-state index contributed by atoms with van der Waals surface area (Å²) in [6.45, 7) is 10.2. The monoisotopic (exact) mass is 294 g/mol. The van der Waals surface area contributed by atoms with E-state index < -0.39 is 5.54 Å². The molecule has 0 aromatic carbocycles. The van der Waals surface area contributed by atoms with Gasteiger partial charge in [-0.05, 0) is 38.5 Å². The van der Waals surface area contributed by atoms with Gasteiger partial charge in [0.05, 0.1) is 0 Å². The number of nitrogens with zero attached hydrogens (tertiary/aromatic N) is 1. The van der Waals surface area contributed by atoms with E-state index in [9.17, 15) is 9.59 Å². The fourth-order valence-electron chi connectivity index (χ4n) is 4.13. The number of hydrogen-bond acceptors (Lipinski definition) is 2. The predicted molar refractivity (Wildman–Crippen MR) is 83.8 cm³/mol. The Balaban J connectivity index is 2.47. The van der Waals surface area contributed by atoms with Crippen LogP contribution >= 0.6 is 0 Å². The SMILES string of the molecule is CCC1(CC)NC(=O)C(C(C)C)N(C2(C)CCCC2)C1=O. The lowest BCUT2D eigenvalue weighted by Crippen LogP contribution is -2.74. The fraction of sp³-hybridized carbons (Fsp3) is 0.882. The Morgan fingerprint density at radius 3 is 2.14 bits per heavy atom. The molecule has 4 nitrogen and oxygen atoms in total. The molecule has 1 heterocycles. The van der Waals surface area contributed by atoms with Gasteiger partial charge in [0, 0.05) is 5.54 Å². The largest absolute Gasteiger partial charge is 0.340 e. The van der Waals surface area contributed by atoms with Crippen LogP contribution in [0.5, 0.6) is 0 Å². The summed E-state index contributed by atoms with van der Waals surface area (Å²) < 4.78 is 0. The molecule has 1 N–H and O–H groups in total. The molecule has 1 unspecified atom stereocenters. The molecule has 1 saturated carbocycles. The second-order valence-corrected chi connectivity index (χ2v) is 7.35. The fourth-order valence-corrected chi connectivity index (χ4v) is 4.13. The van der Waals surface area contributed by atoms with Gasteiger partial charge in [0.1, 0.15) is 11.6 Å². The molecule has 2 amide bonds. The molecule has 120 valence electrons. The summed E-state index contributed by atoms with van der Waals surface area (Å²) in [7, 11) is 0. The average Bonchev–Trinajstić information content (AvgIpc) is 2.87. The molecule has 21 heavy (non-hydrogen) atoms. The van der Waals surface area contributed by atoms with Gasteiger partial charge in [-0.15, -0.1) is 0 Å². The van der Waals surface area contributed by atoms with Crippen LogP contribution in [-0.4, -0.2) is 33.8 Å². The lowest BCUT2D eigenvalue weighted by atomic mass is 9.81. The average molecular weight is 294 g/mol. The summed E-state index contributed by atoms with van der Waals surface area (Å²) in [5.41, 5.74) is -0.854. The highest BCUT2D eigenvalue weighted by Crippen LogP contribution is 2.41. The highest BCUT2D eigenvalue weighted by molar-refractivity contribution is 6.00. The Labute approximate surface area is 128 Å². The van der Waals surface area contributed by atoms with Crippen LogP contribution in [0.2, 0.25) is 0 Å². The summed E-state index contributed by atoms with van der Waals surface area (Å²) in [5, 5.41) is 3.05. The summed E-state index contributed by atoms with van der Waals surface area (Å²) in [6.07, 6.45) is 5.64. The Hall–Kier alpha value is -1.06. The van der Waals surface area contributed by atoms with Crippen LogP contribution in [0.4, 0.5) is 0 Å². The first kappa shape index (κ1) is 16.3. The van der Waals surface area contributed by atoms with Crippen molar-refractivity contribution in [2.75, 3.05) is 0 Å². The van der Waals surface area contributed by atoms with E-state index >= 15 is 0 Å². The first-order valence-electron chi connectivity index (χ1n) is 8.47. The Bertz CT molecular complexity index is 421. The van der Waals surface area contributed by atoms with E-state index in [1.807, 2.05) is 32.6 Å². The summed E-state index contributed by atoms with van der Waals surface area (Å²) in [4.78, 5) is 28.0. The van der Waals surface area contributed by atoms with Crippen molar-refractivity contribution in [3.63, 3.8) is 0 Å². The molecule has 1 aliphatic heterocycles. The molecule has 4 heteroatoms. The molecule has 1 saturated heterocycles. The normalized spacial score (nSPS) is 28.1. The third kappa shape index (κ3) is 2.47. The van der Waals surface area contributed by atoms with Crippen molar-refractivity contribution in [3.05, 3.63) is 0 Å². The molecule has 2 rings (SSSR count). The topological polar surface area (TPSA) is 49.4 Å². The maximum absolute atomic E-state index is 13.3. The molecule has 2 aliphatic rings. The van der Waals surface area contributed by atoms with E-state index in [0.29, 0.717) is 12.8 Å². The molecule has 1 atom stereocenters. The molecular formula is C17H30N2O2. The van der Waals surface area contributed by atoms with Gasteiger partial charge in [-0.2, -0.15) is 0 Å². The first-order chi connectivity index (χ1) is 9.81. The lowest BCUT2D eigenvalue weighted by Gasteiger charge is -2.53. The molecule has 0 aromatic rings. The zero-order chi connectivity index (χ0) is 15.8. The maximum Gasteiger partial charge on any atom is 0.249 e. The van der Waals surface area contributed by atoms with E-state index in [0.717, 1.165) is 25.7 Å². The Kier molecular flexibility index (Phi) is 4.36. The molecule has 2 fully saturated rings. The highest BCUT2D eigenvalue weighted by atomic mass is 16.2. The van der Waals surface area contributed by atoms with Crippen LogP contribution in [0.25, 0.3) is 0 Å². The van der Waals surface area contributed by atoms with Crippen molar-refractivity contribution in [3.8, 4) is 0 Å². The number of piperazine rings is 1. The van der Waals surface area contributed by atoms with E-state index in [1.54, 1.807) is 0 Å². The van der Waals surface area contributed by atoms with Gasteiger partial charge in [-0.25, -0.2) is 0 Å². The number of nitrogens with one attached hydrogen (secondary N) is 1. The van der Waals surface area contributed by atoms with E-state index in [4.69, 9.17) is 0 Å². The van der Waals surface area contributed by atoms with Gasteiger partial charge in [0.25, 0.3) is 0 Å². The molecule has 0 bridgehead atoms. The quantitative estimate of drug-likeness (QED) is 0.866. The van der Waals surface area contributed by atoms with Gasteiger partial charge in [0.15, 0.2) is 0 Å². The molecule has 1 aliphatic carbocycles. The molecule has 0 aromatic heterocycles. The van der Waals surface area contributed by atoms with Crippen molar-refractivity contribution >= 4 is 11.8 Å². The van der Waals surface area contributed by atoms with Crippen LogP contribution in [0, 0.1) is 5.92 Å². The Morgan fingerprint density at radius 1 is 1.19 bits per heavy atom. The standard InChI is InChI=1S/C17H30N2O2/c1-6-17(7-2)15(21)19(16(5)10-8-9-11-16)13(12(3)4)14(20)18-17/h12-13H,6-11H2,1-5H3,(H,18,20). The number of rotatable bonds is 4. The van der Waals surface area contributed by atoms with Crippen molar-refractivity contribution in [2.24, 2.45) is 5.92 Å². The number of carbonyl (C=O) groups excluding carboxylic acids is 2. The Morgan fingerprint density at radius 2 is 1.71 bits per heavy atom. The third-order valence-electron chi connectivity index (χ3n) is 5.64. The molecule has 0 spiro atoms. The predicted octanol–water partition coefficient (Wildman–Crippen LogP) is 2.86. The van der Waals surface area contributed by atoms with Crippen molar-refractivity contribution in [1.29, 1.82) is 0 Å². The van der Waals surface area contributed by atoms with Gasteiger partial charge in [-0.1, -0.05) is 40.5 Å². The van der Waals surface area contributed by atoms with Crippen LogP contribution in [0.15, 0.2) is 0 Å². The zero-order valence-corrected chi connectivity index (χ0v) is 14.2. The third-order valence-corrected chi connectivity index (χ3v) is 5.64. The van der Waals surface area contributed by atoms with Crippen LogP contribution < -0.4 is 5.32 Å². The van der Waals surface area contributed by atoms with E-state index in [-0.39, 0.29) is 29.3 Å². The smallest absolute Gasteiger partial charge is 0.249 e. The van der Waals surface area contributed by atoms with Crippen LogP contribution in [0.1, 0.15) is 73.1 Å². The van der Waals surface area contributed by atoms with Crippen molar-refractivity contribution < 1.29 is 9.59 Å². The van der Waals surface area contributed by atoms with Crippen molar-refractivity contribution in [2.45, 2.75) is 90.3 Å². The van der Waals surface area contributed by atoms with E-state index in [2.05, 4.69) is 12.2 Å². The van der Waals surface area contributed by atoms with Crippen molar-refractivity contribution in [1.82, 2.24) is 10.2 Å². The van der Waals surface area contributed by atoms with Gasteiger partial charge >= 0.3 is 0 Å². The van der Waals surface area contributed by atoms with Crippen LogP contribution in [0.3, 0.4) is 0 Å². The molecule has 0 radical (unpaired) electrons. The minimum absolute atomic E-state index is 0.0291. The van der Waals surface area contributed by atoms with Gasteiger partial charge < -0.3 is 10.2 Å². The maximum atomic E-state index is 13.3. The first-order valence-corrected chi connectivity index (χ1v) is 8.47. The van der Waals surface area contributed by atoms with Gasteiger partial charge in [-0.3, -0.25) is 9.59 Å². The number of carbonyl (C=O) groups is 2. The number of hydrogen-bond donors (Lipinski definition) is 1. The minimum Gasteiger partial charge on any atom is -0.340 e.